The standard InChI is InChI=1S/C9H9FN4/c1-2-8-3-4-9(13-12-8)14-6-7(10)5-11-14/h3-6H,2H2,1H3. The summed E-state index contributed by atoms with van der Waals surface area (Å²) in [5.41, 5.74) is 0.904. The van der Waals surface area contributed by atoms with Gasteiger partial charge in [-0.25, -0.2) is 9.07 Å². The Labute approximate surface area is 80.4 Å². The molecule has 2 rings (SSSR count). The lowest BCUT2D eigenvalue weighted by Crippen LogP contribution is -2.00. The summed E-state index contributed by atoms with van der Waals surface area (Å²) in [6, 6.07) is 3.61. The molecule has 0 unspecified atom stereocenters. The van der Waals surface area contributed by atoms with Crippen molar-refractivity contribution in [2.24, 2.45) is 0 Å². The minimum absolute atomic E-state index is 0.383. The van der Waals surface area contributed by atoms with Crippen LogP contribution < -0.4 is 0 Å². The molecule has 14 heavy (non-hydrogen) atoms. The minimum Gasteiger partial charge on any atom is -0.218 e. The van der Waals surface area contributed by atoms with E-state index in [1.54, 1.807) is 6.07 Å². The Balaban J connectivity index is 2.33. The third kappa shape index (κ3) is 1.61. The van der Waals surface area contributed by atoms with Crippen LogP contribution in [0, 0.1) is 5.82 Å². The lowest BCUT2D eigenvalue weighted by Gasteiger charge is -1.98. The van der Waals surface area contributed by atoms with E-state index in [2.05, 4.69) is 15.3 Å². The molecule has 0 aliphatic heterocycles. The van der Waals surface area contributed by atoms with Crippen molar-refractivity contribution in [3.63, 3.8) is 0 Å². The van der Waals surface area contributed by atoms with Crippen LogP contribution in [0.2, 0.25) is 0 Å². The molecule has 0 aromatic carbocycles. The molecule has 0 bridgehead atoms. The van der Waals surface area contributed by atoms with Crippen LogP contribution in [0.25, 0.3) is 5.82 Å². The van der Waals surface area contributed by atoms with Gasteiger partial charge in [0, 0.05) is 0 Å². The summed E-state index contributed by atoms with van der Waals surface area (Å²) < 4.78 is 14.0. The Hall–Kier alpha value is -1.78. The third-order valence-corrected chi connectivity index (χ3v) is 1.85. The van der Waals surface area contributed by atoms with Gasteiger partial charge in [-0.15, -0.1) is 5.10 Å². The van der Waals surface area contributed by atoms with E-state index in [0.717, 1.165) is 18.3 Å². The Morgan fingerprint density at radius 2 is 2.21 bits per heavy atom. The summed E-state index contributed by atoms with van der Waals surface area (Å²) in [4.78, 5) is 0. The van der Waals surface area contributed by atoms with Crippen LogP contribution in [-0.2, 0) is 6.42 Å². The number of halogens is 1. The quantitative estimate of drug-likeness (QED) is 0.721. The fourth-order valence-electron chi connectivity index (χ4n) is 1.09. The van der Waals surface area contributed by atoms with Gasteiger partial charge in [0.1, 0.15) is 0 Å². The molecule has 2 heterocycles. The van der Waals surface area contributed by atoms with Crippen molar-refractivity contribution in [1.29, 1.82) is 0 Å². The van der Waals surface area contributed by atoms with Crippen LogP contribution in [0.5, 0.6) is 0 Å². The highest BCUT2D eigenvalue weighted by atomic mass is 19.1. The van der Waals surface area contributed by atoms with Crippen molar-refractivity contribution in [2.75, 3.05) is 0 Å². The first-order valence-corrected chi connectivity index (χ1v) is 4.32. The predicted molar refractivity (Wildman–Crippen MR) is 48.5 cm³/mol. The van der Waals surface area contributed by atoms with Gasteiger partial charge >= 0.3 is 0 Å². The molecule has 72 valence electrons. The van der Waals surface area contributed by atoms with Crippen LogP contribution in [0.3, 0.4) is 0 Å². The highest BCUT2D eigenvalue weighted by Gasteiger charge is 2.01. The maximum Gasteiger partial charge on any atom is 0.175 e. The van der Waals surface area contributed by atoms with E-state index in [1.165, 1.54) is 10.9 Å². The van der Waals surface area contributed by atoms with E-state index in [9.17, 15) is 4.39 Å². The Morgan fingerprint density at radius 3 is 2.71 bits per heavy atom. The Kier molecular flexibility index (Phi) is 2.22. The van der Waals surface area contributed by atoms with Crippen molar-refractivity contribution in [3.05, 3.63) is 36.0 Å². The summed E-state index contributed by atoms with van der Waals surface area (Å²) in [5.74, 6) is 0.137. The fourth-order valence-corrected chi connectivity index (χ4v) is 1.09. The van der Waals surface area contributed by atoms with Crippen molar-refractivity contribution in [3.8, 4) is 5.82 Å². The minimum atomic E-state index is -0.383. The molecule has 4 nitrogen and oxygen atoms in total. The molecule has 0 saturated heterocycles. The van der Waals surface area contributed by atoms with Gasteiger partial charge in [0.05, 0.1) is 18.1 Å². The summed E-state index contributed by atoms with van der Waals surface area (Å²) in [5, 5.41) is 11.6. The van der Waals surface area contributed by atoms with Crippen molar-refractivity contribution >= 4 is 0 Å². The summed E-state index contributed by atoms with van der Waals surface area (Å²) in [6.45, 7) is 2.00. The normalized spacial score (nSPS) is 10.4. The molecule has 0 saturated carbocycles. The van der Waals surface area contributed by atoms with E-state index in [1.807, 2.05) is 13.0 Å². The molecule has 0 aliphatic carbocycles. The zero-order valence-corrected chi connectivity index (χ0v) is 7.68. The number of aromatic nitrogens is 4. The zero-order chi connectivity index (χ0) is 9.97. The molecule has 0 atom stereocenters. The average Bonchev–Trinajstić information content (AvgIpc) is 2.65. The first kappa shape index (κ1) is 8.80. The smallest absolute Gasteiger partial charge is 0.175 e. The van der Waals surface area contributed by atoms with Gasteiger partial charge in [-0.2, -0.15) is 10.2 Å². The molecule has 0 fully saturated rings. The molecule has 0 amide bonds. The van der Waals surface area contributed by atoms with Gasteiger partial charge < -0.3 is 0 Å². The molecule has 0 aliphatic rings. The highest BCUT2D eigenvalue weighted by Crippen LogP contribution is 2.04. The predicted octanol–water partition coefficient (Wildman–Crippen LogP) is 1.36. The summed E-state index contributed by atoms with van der Waals surface area (Å²) in [6.07, 6.45) is 3.23. The fraction of sp³-hybridized carbons (Fsp3) is 0.222. The zero-order valence-electron chi connectivity index (χ0n) is 7.68. The monoisotopic (exact) mass is 192 g/mol. The number of aryl methyl sites for hydroxylation is 1. The summed E-state index contributed by atoms with van der Waals surface area (Å²) >= 11 is 0. The third-order valence-electron chi connectivity index (χ3n) is 1.85. The van der Waals surface area contributed by atoms with Gasteiger partial charge in [0.2, 0.25) is 0 Å². The van der Waals surface area contributed by atoms with E-state index < -0.39 is 0 Å². The van der Waals surface area contributed by atoms with Crippen molar-refractivity contribution in [2.45, 2.75) is 13.3 Å². The van der Waals surface area contributed by atoms with Crippen molar-refractivity contribution < 1.29 is 4.39 Å². The maximum atomic E-state index is 12.6. The van der Waals surface area contributed by atoms with E-state index >= 15 is 0 Å². The lowest BCUT2D eigenvalue weighted by atomic mass is 10.3. The first-order chi connectivity index (χ1) is 6.79. The molecular weight excluding hydrogens is 183 g/mol. The van der Waals surface area contributed by atoms with Crippen LogP contribution in [0.4, 0.5) is 4.39 Å². The lowest BCUT2D eigenvalue weighted by molar-refractivity contribution is 0.626. The van der Waals surface area contributed by atoms with Crippen LogP contribution in [0.1, 0.15) is 12.6 Å². The van der Waals surface area contributed by atoms with Gasteiger partial charge in [0.15, 0.2) is 11.6 Å². The second-order valence-corrected chi connectivity index (χ2v) is 2.84. The van der Waals surface area contributed by atoms with Gasteiger partial charge in [-0.3, -0.25) is 0 Å². The van der Waals surface area contributed by atoms with Gasteiger partial charge in [-0.1, -0.05) is 6.92 Å². The average molecular weight is 192 g/mol. The molecule has 0 N–H and O–H groups in total. The Morgan fingerprint density at radius 1 is 1.36 bits per heavy atom. The second-order valence-electron chi connectivity index (χ2n) is 2.84. The van der Waals surface area contributed by atoms with Crippen LogP contribution in [0.15, 0.2) is 24.5 Å². The number of nitrogens with zero attached hydrogens (tertiary/aromatic N) is 4. The molecule has 2 aromatic rings. The number of hydrogen-bond donors (Lipinski definition) is 0. The molecule has 5 heteroatoms. The molecule has 0 spiro atoms. The number of rotatable bonds is 2. The Bertz CT molecular complexity index is 421. The van der Waals surface area contributed by atoms with Crippen LogP contribution in [-0.4, -0.2) is 20.0 Å². The number of hydrogen-bond acceptors (Lipinski definition) is 3. The van der Waals surface area contributed by atoms with E-state index in [-0.39, 0.29) is 5.82 Å². The maximum absolute atomic E-state index is 12.6. The van der Waals surface area contributed by atoms with Gasteiger partial charge in [0.25, 0.3) is 0 Å². The molecule has 2 aromatic heterocycles. The van der Waals surface area contributed by atoms with E-state index in [4.69, 9.17) is 0 Å². The largest absolute Gasteiger partial charge is 0.218 e. The van der Waals surface area contributed by atoms with Gasteiger partial charge in [-0.05, 0) is 18.6 Å². The highest BCUT2D eigenvalue weighted by molar-refractivity contribution is 5.20. The summed E-state index contributed by atoms with van der Waals surface area (Å²) in [7, 11) is 0. The van der Waals surface area contributed by atoms with E-state index in [0.29, 0.717) is 5.82 Å². The second kappa shape index (κ2) is 3.53. The first-order valence-electron chi connectivity index (χ1n) is 4.32. The molecular formula is C9H9FN4. The molecule has 0 radical (unpaired) electrons. The topological polar surface area (TPSA) is 43.6 Å². The van der Waals surface area contributed by atoms with Crippen LogP contribution >= 0.6 is 0 Å². The SMILES string of the molecule is CCc1ccc(-n2cc(F)cn2)nn1. The van der Waals surface area contributed by atoms with Crippen molar-refractivity contribution in [1.82, 2.24) is 20.0 Å².